The predicted octanol–water partition coefficient (Wildman–Crippen LogP) is 1.73. The van der Waals surface area contributed by atoms with Gasteiger partial charge in [-0.2, -0.15) is 0 Å². The fraction of sp³-hybridized carbons (Fsp3) is 0.375. The first-order valence-electron chi connectivity index (χ1n) is 7.81. The summed E-state index contributed by atoms with van der Waals surface area (Å²) in [6.45, 7) is 2.21. The minimum absolute atomic E-state index is 0.0527. The van der Waals surface area contributed by atoms with Crippen LogP contribution in [0.25, 0.3) is 0 Å². The van der Waals surface area contributed by atoms with E-state index >= 15 is 0 Å². The summed E-state index contributed by atoms with van der Waals surface area (Å²) < 4.78 is 2.11. The highest BCUT2D eigenvalue weighted by atomic mass is 16.6. The number of primary amides is 1. The third-order valence-corrected chi connectivity index (χ3v) is 4.46. The Kier molecular flexibility index (Phi) is 4.57. The molecule has 0 spiro atoms. The van der Waals surface area contributed by atoms with Crippen molar-refractivity contribution in [1.82, 2.24) is 14.5 Å². The van der Waals surface area contributed by atoms with Gasteiger partial charge in [0.05, 0.1) is 11.3 Å². The van der Waals surface area contributed by atoms with E-state index in [-0.39, 0.29) is 11.3 Å². The molecule has 0 aliphatic carbocycles. The third-order valence-electron chi connectivity index (χ3n) is 4.46. The zero-order valence-corrected chi connectivity index (χ0v) is 13.2. The van der Waals surface area contributed by atoms with E-state index < -0.39 is 10.8 Å². The summed E-state index contributed by atoms with van der Waals surface area (Å²) in [7, 11) is 0. The van der Waals surface area contributed by atoms with Gasteiger partial charge in [-0.05, 0) is 18.9 Å². The van der Waals surface area contributed by atoms with Gasteiger partial charge in [0.25, 0.3) is 5.69 Å². The van der Waals surface area contributed by atoms with Gasteiger partial charge in [0.1, 0.15) is 0 Å². The first kappa shape index (κ1) is 16.1. The zero-order valence-electron chi connectivity index (χ0n) is 13.2. The SMILES string of the molecule is NC(=O)c1ccc(CN2CCC(n3ccnc3)CC2)c([N+](=O)[O-])c1. The van der Waals surface area contributed by atoms with Crippen LogP contribution < -0.4 is 5.73 Å². The molecule has 0 unspecified atom stereocenters. The molecule has 1 saturated heterocycles. The average Bonchev–Trinajstić information content (AvgIpc) is 3.10. The Morgan fingerprint density at radius 1 is 1.38 bits per heavy atom. The lowest BCUT2D eigenvalue weighted by molar-refractivity contribution is -0.385. The first-order chi connectivity index (χ1) is 11.5. The first-order valence-corrected chi connectivity index (χ1v) is 7.81. The Balaban J connectivity index is 1.68. The van der Waals surface area contributed by atoms with Gasteiger partial charge in [-0.25, -0.2) is 4.98 Å². The van der Waals surface area contributed by atoms with Crippen LogP contribution in [0.5, 0.6) is 0 Å². The molecule has 2 heterocycles. The maximum Gasteiger partial charge on any atom is 0.274 e. The number of nitro benzene ring substituents is 1. The molecule has 0 radical (unpaired) electrons. The molecular weight excluding hydrogens is 310 g/mol. The lowest BCUT2D eigenvalue weighted by atomic mass is 10.0. The maximum atomic E-state index is 11.3. The van der Waals surface area contributed by atoms with Crippen LogP contribution in [0.4, 0.5) is 5.69 Å². The van der Waals surface area contributed by atoms with Gasteiger partial charge in [-0.15, -0.1) is 0 Å². The van der Waals surface area contributed by atoms with Crippen molar-refractivity contribution in [1.29, 1.82) is 0 Å². The van der Waals surface area contributed by atoms with Gasteiger partial charge >= 0.3 is 0 Å². The predicted molar refractivity (Wildman–Crippen MR) is 87.4 cm³/mol. The summed E-state index contributed by atoms with van der Waals surface area (Å²) in [5.74, 6) is -0.661. The summed E-state index contributed by atoms with van der Waals surface area (Å²) in [5, 5.41) is 11.3. The number of carbonyl (C=O) groups excluding carboxylic acids is 1. The molecule has 2 aromatic rings. The van der Waals surface area contributed by atoms with E-state index in [1.54, 1.807) is 18.3 Å². The maximum absolute atomic E-state index is 11.3. The van der Waals surface area contributed by atoms with E-state index in [9.17, 15) is 14.9 Å². The summed E-state index contributed by atoms with van der Waals surface area (Å²) in [6.07, 6.45) is 7.52. The molecule has 1 aliphatic heterocycles. The number of likely N-dealkylation sites (tertiary alicyclic amines) is 1. The van der Waals surface area contributed by atoms with Crippen LogP contribution in [0.2, 0.25) is 0 Å². The second-order valence-electron chi connectivity index (χ2n) is 5.98. The van der Waals surface area contributed by atoms with Crippen molar-refractivity contribution in [3.63, 3.8) is 0 Å². The second-order valence-corrected chi connectivity index (χ2v) is 5.98. The van der Waals surface area contributed by atoms with E-state index in [0.717, 1.165) is 25.9 Å². The van der Waals surface area contributed by atoms with Crippen molar-refractivity contribution in [2.75, 3.05) is 13.1 Å². The Labute approximate surface area is 139 Å². The molecule has 1 aromatic heterocycles. The van der Waals surface area contributed by atoms with Crippen molar-refractivity contribution >= 4 is 11.6 Å². The largest absolute Gasteiger partial charge is 0.366 e. The quantitative estimate of drug-likeness (QED) is 0.664. The number of imidazole rings is 1. The number of nitrogens with two attached hydrogens (primary N) is 1. The fourth-order valence-electron chi connectivity index (χ4n) is 3.12. The van der Waals surface area contributed by atoms with E-state index in [4.69, 9.17) is 5.73 Å². The number of nitrogens with zero attached hydrogens (tertiary/aromatic N) is 4. The lowest BCUT2D eigenvalue weighted by Crippen LogP contribution is -2.34. The van der Waals surface area contributed by atoms with E-state index in [2.05, 4.69) is 14.5 Å². The monoisotopic (exact) mass is 329 g/mol. The molecule has 8 nitrogen and oxygen atoms in total. The van der Waals surface area contributed by atoms with Crippen molar-refractivity contribution in [3.8, 4) is 0 Å². The van der Waals surface area contributed by atoms with Crippen molar-refractivity contribution in [3.05, 3.63) is 58.2 Å². The minimum atomic E-state index is -0.661. The Hall–Kier alpha value is -2.74. The molecule has 1 aliphatic rings. The van der Waals surface area contributed by atoms with Gasteiger partial charge in [0, 0.05) is 55.3 Å². The molecule has 1 aromatic carbocycles. The van der Waals surface area contributed by atoms with Crippen LogP contribution in [-0.4, -0.2) is 38.4 Å². The lowest BCUT2D eigenvalue weighted by Gasteiger charge is -2.32. The highest BCUT2D eigenvalue weighted by Crippen LogP contribution is 2.26. The molecule has 0 bridgehead atoms. The molecule has 1 amide bonds. The van der Waals surface area contributed by atoms with Crippen LogP contribution in [0.1, 0.15) is 34.8 Å². The summed E-state index contributed by atoms with van der Waals surface area (Å²) in [5.41, 5.74) is 5.91. The molecule has 126 valence electrons. The highest BCUT2D eigenvalue weighted by molar-refractivity contribution is 5.93. The highest BCUT2D eigenvalue weighted by Gasteiger charge is 2.23. The summed E-state index contributed by atoms with van der Waals surface area (Å²) in [4.78, 5) is 28.3. The minimum Gasteiger partial charge on any atom is -0.366 e. The van der Waals surface area contributed by atoms with Crippen LogP contribution in [-0.2, 0) is 6.54 Å². The Morgan fingerprint density at radius 3 is 2.71 bits per heavy atom. The van der Waals surface area contributed by atoms with Gasteiger partial charge < -0.3 is 10.3 Å². The topological polar surface area (TPSA) is 107 Å². The van der Waals surface area contributed by atoms with Crippen LogP contribution in [0.15, 0.2) is 36.9 Å². The van der Waals surface area contributed by atoms with Crippen molar-refractivity contribution in [2.24, 2.45) is 5.73 Å². The number of nitro groups is 1. The number of hydrogen-bond donors (Lipinski definition) is 1. The van der Waals surface area contributed by atoms with Crippen LogP contribution >= 0.6 is 0 Å². The van der Waals surface area contributed by atoms with Crippen molar-refractivity contribution < 1.29 is 9.72 Å². The second kappa shape index (κ2) is 6.79. The average molecular weight is 329 g/mol. The van der Waals surface area contributed by atoms with Gasteiger partial charge in [-0.1, -0.05) is 6.07 Å². The molecule has 0 atom stereocenters. The number of rotatable bonds is 5. The van der Waals surface area contributed by atoms with Crippen molar-refractivity contribution in [2.45, 2.75) is 25.4 Å². The number of hydrogen-bond acceptors (Lipinski definition) is 5. The Bertz CT molecular complexity index is 736. The number of aromatic nitrogens is 2. The van der Waals surface area contributed by atoms with E-state index in [1.165, 1.54) is 6.07 Å². The Morgan fingerprint density at radius 2 is 2.12 bits per heavy atom. The molecule has 8 heteroatoms. The third kappa shape index (κ3) is 3.43. The summed E-state index contributed by atoms with van der Waals surface area (Å²) in [6, 6.07) is 4.86. The normalized spacial score (nSPS) is 16.2. The molecule has 0 saturated carbocycles. The van der Waals surface area contributed by atoms with Gasteiger partial charge in [0.15, 0.2) is 0 Å². The van der Waals surface area contributed by atoms with Gasteiger partial charge in [0.2, 0.25) is 5.91 Å². The molecule has 24 heavy (non-hydrogen) atoms. The zero-order chi connectivity index (χ0) is 17.1. The number of carbonyl (C=O) groups is 1. The fourth-order valence-corrected chi connectivity index (χ4v) is 3.12. The molecular formula is C16H19N5O3. The number of piperidine rings is 1. The molecule has 3 rings (SSSR count). The van der Waals surface area contributed by atoms with Gasteiger partial charge in [-0.3, -0.25) is 19.8 Å². The van der Waals surface area contributed by atoms with E-state index in [1.807, 2.05) is 12.5 Å². The smallest absolute Gasteiger partial charge is 0.274 e. The number of benzene rings is 1. The molecule has 2 N–H and O–H groups in total. The van der Waals surface area contributed by atoms with E-state index in [0.29, 0.717) is 18.2 Å². The standard InChI is InChI=1S/C16H19N5O3/c17-16(22)12-1-2-13(15(9-12)21(23)24)10-19-6-3-14(4-7-19)20-8-5-18-11-20/h1-2,5,8-9,11,14H,3-4,6-7,10H2,(H2,17,22). The van der Waals surface area contributed by atoms with Crippen LogP contribution in [0.3, 0.4) is 0 Å². The number of amides is 1. The molecule has 1 fully saturated rings. The van der Waals surface area contributed by atoms with Crippen LogP contribution in [0, 0.1) is 10.1 Å². The summed E-state index contributed by atoms with van der Waals surface area (Å²) >= 11 is 0.